The molecular formula is C16H27NO2. The van der Waals surface area contributed by atoms with Crippen LogP contribution in [0, 0.1) is 5.41 Å². The second-order valence-electron chi connectivity index (χ2n) is 5.01. The minimum absolute atomic E-state index is 0.348. The van der Waals surface area contributed by atoms with E-state index in [0.717, 1.165) is 31.1 Å². The number of methoxy groups -OCH3 is 1. The zero-order chi connectivity index (χ0) is 14.1. The van der Waals surface area contributed by atoms with E-state index >= 15 is 0 Å². The minimum Gasteiger partial charge on any atom is -0.497 e. The molecule has 3 heteroatoms. The van der Waals surface area contributed by atoms with Gasteiger partial charge < -0.3 is 14.8 Å². The molecule has 1 aromatic carbocycles. The first kappa shape index (κ1) is 15.8. The van der Waals surface area contributed by atoms with Crippen LogP contribution in [0.15, 0.2) is 24.3 Å². The molecule has 0 spiro atoms. The van der Waals surface area contributed by atoms with Crippen molar-refractivity contribution in [2.45, 2.75) is 33.1 Å². The molecule has 0 aliphatic rings. The van der Waals surface area contributed by atoms with Crippen LogP contribution < -0.4 is 14.8 Å². The Labute approximate surface area is 117 Å². The van der Waals surface area contributed by atoms with Crippen LogP contribution in [0.1, 0.15) is 33.1 Å². The molecule has 0 aliphatic heterocycles. The van der Waals surface area contributed by atoms with Crippen molar-refractivity contribution in [3.05, 3.63) is 24.3 Å². The van der Waals surface area contributed by atoms with E-state index in [2.05, 4.69) is 19.2 Å². The molecule has 0 saturated carbocycles. The number of hydrogen-bond acceptors (Lipinski definition) is 3. The fourth-order valence-electron chi connectivity index (χ4n) is 2.37. The van der Waals surface area contributed by atoms with Gasteiger partial charge >= 0.3 is 0 Å². The van der Waals surface area contributed by atoms with Crippen LogP contribution in [-0.4, -0.2) is 27.3 Å². The SMILES string of the molecule is CCC(CC)(CCOc1ccc(OC)cc1)CNC. The van der Waals surface area contributed by atoms with Gasteiger partial charge in [-0.2, -0.15) is 0 Å². The third-order valence-electron chi connectivity index (χ3n) is 4.01. The highest BCUT2D eigenvalue weighted by Gasteiger charge is 2.25. The first-order valence-electron chi connectivity index (χ1n) is 7.11. The predicted octanol–water partition coefficient (Wildman–Crippen LogP) is 3.49. The number of rotatable bonds is 9. The highest BCUT2D eigenvalue weighted by molar-refractivity contribution is 5.31. The van der Waals surface area contributed by atoms with E-state index in [1.165, 1.54) is 12.8 Å². The summed E-state index contributed by atoms with van der Waals surface area (Å²) in [6.07, 6.45) is 3.43. The Morgan fingerprint density at radius 1 is 1.05 bits per heavy atom. The van der Waals surface area contributed by atoms with Crippen LogP contribution in [0.3, 0.4) is 0 Å². The third-order valence-corrected chi connectivity index (χ3v) is 4.01. The molecule has 0 aliphatic carbocycles. The fraction of sp³-hybridized carbons (Fsp3) is 0.625. The summed E-state index contributed by atoms with van der Waals surface area (Å²) >= 11 is 0. The Kier molecular flexibility index (Phi) is 6.71. The molecule has 1 N–H and O–H groups in total. The van der Waals surface area contributed by atoms with E-state index in [0.29, 0.717) is 5.41 Å². The normalized spacial score (nSPS) is 11.4. The molecule has 3 nitrogen and oxygen atoms in total. The summed E-state index contributed by atoms with van der Waals surface area (Å²) in [6.45, 7) is 6.32. The first-order valence-corrected chi connectivity index (χ1v) is 7.11. The molecule has 0 fully saturated rings. The van der Waals surface area contributed by atoms with Gasteiger partial charge in [0, 0.05) is 6.54 Å². The maximum Gasteiger partial charge on any atom is 0.119 e. The van der Waals surface area contributed by atoms with Crippen molar-refractivity contribution in [3.8, 4) is 11.5 Å². The van der Waals surface area contributed by atoms with Crippen LogP contribution in [-0.2, 0) is 0 Å². The van der Waals surface area contributed by atoms with E-state index in [1.54, 1.807) is 7.11 Å². The van der Waals surface area contributed by atoms with Gasteiger partial charge in [-0.15, -0.1) is 0 Å². The average molecular weight is 265 g/mol. The lowest BCUT2D eigenvalue weighted by Gasteiger charge is -2.31. The lowest BCUT2D eigenvalue weighted by molar-refractivity contribution is 0.178. The van der Waals surface area contributed by atoms with Crippen molar-refractivity contribution in [2.75, 3.05) is 27.3 Å². The Morgan fingerprint density at radius 3 is 2.11 bits per heavy atom. The van der Waals surface area contributed by atoms with Gasteiger partial charge in [-0.25, -0.2) is 0 Å². The lowest BCUT2D eigenvalue weighted by Crippen LogP contribution is -2.33. The fourth-order valence-corrected chi connectivity index (χ4v) is 2.37. The van der Waals surface area contributed by atoms with Crippen molar-refractivity contribution < 1.29 is 9.47 Å². The van der Waals surface area contributed by atoms with Crippen molar-refractivity contribution in [3.63, 3.8) is 0 Å². The van der Waals surface area contributed by atoms with Crippen LogP contribution >= 0.6 is 0 Å². The molecule has 0 unspecified atom stereocenters. The topological polar surface area (TPSA) is 30.5 Å². The second-order valence-corrected chi connectivity index (χ2v) is 5.01. The quantitative estimate of drug-likeness (QED) is 0.741. The molecule has 0 amide bonds. The maximum absolute atomic E-state index is 5.83. The van der Waals surface area contributed by atoms with Gasteiger partial charge in [0.2, 0.25) is 0 Å². The Hall–Kier alpha value is -1.22. The summed E-state index contributed by atoms with van der Waals surface area (Å²) < 4.78 is 11.0. The number of benzene rings is 1. The van der Waals surface area contributed by atoms with E-state index in [1.807, 2.05) is 31.3 Å². The summed E-state index contributed by atoms with van der Waals surface area (Å²) in [5.74, 6) is 1.77. The molecule has 0 atom stereocenters. The van der Waals surface area contributed by atoms with Crippen molar-refractivity contribution in [1.29, 1.82) is 0 Å². The van der Waals surface area contributed by atoms with Gasteiger partial charge in [0.15, 0.2) is 0 Å². The van der Waals surface area contributed by atoms with Crippen LogP contribution in [0.5, 0.6) is 11.5 Å². The molecule has 0 radical (unpaired) electrons. The summed E-state index contributed by atoms with van der Waals surface area (Å²) in [7, 11) is 3.69. The van der Waals surface area contributed by atoms with E-state index in [9.17, 15) is 0 Å². The summed E-state index contributed by atoms with van der Waals surface area (Å²) in [4.78, 5) is 0. The van der Waals surface area contributed by atoms with Gasteiger partial charge in [0.25, 0.3) is 0 Å². The van der Waals surface area contributed by atoms with Gasteiger partial charge in [0.05, 0.1) is 13.7 Å². The molecule has 0 aromatic heterocycles. The Morgan fingerprint density at radius 2 is 1.63 bits per heavy atom. The lowest BCUT2D eigenvalue weighted by atomic mass is 9.79. The van der Waals surface area contributed by atoms with Gasteiger partial charge in [-0.05, 0) is 56.0 Å². The number of ether oxygens (including phenoxy) is 2. The van der Waals surface area contributed by atoms with Crippen molar-refractivity contribution in [1.82, 2.24) is 5.32 Å². The van der Waals surface area contributed by atoms with Crippen LogP contribution in [0.25, 0.3) is 0 Å². The number of hydrogen-bond donors (Lipinski definition) is 1. The number of nitrogens with one attached hydrogen (secondary N) is 1. The Bertz CT molecular complexity index is 344. The van der Waals surface area contributed by atoms with Crippen LogP contribution in [0.4, 0.5) is 0 Å². The smallest absolute Gasteiger partial charge is 0.119 e. The largest absolute Gasteiger partial charge is 0.497 e. The molecule has 1 aromatic rings. The van der Waals surface area contributed by atoms with E-state index < -0.39 is 0 Å². The second kappa shape index (κ2) is 8.05. The summed E-state index contributed by atoms with van der Waals surface area (Å²) in [5.41, 5.74) is 0.348. The molecule has 19 heavy (non-hydrogen) atoms. The zero-order valence-corrected chi connectivity index (χ0v) is 12.7. The predicted molar refractivity (Wildman–Crippen MR) is 80.0 cm³/mol. The third kappa shape index (κ3) is 4.75. The molecule has 108 valence electrons. The van der Waals surface area contributed by atoms with Crippen molar-refractivity contribution >= 4 is 0 Å². The van der Waals surface area contributed by atoms with Gasteiger partial charge in [-0.3, -0.25) is 0 Å². The summed E-state index contributed by atoms with van der Waals surface area (Å²) in [5, 5.41) is 3.30. The monoisotopic (exact) mass is 265 g/mol. The van der Waals surface area contributed by atoms with E-state index in [-0.39, 0.29) is 0 Å². The summed E-state index contributed by atoms with van der Waals surface area (Å²) in [6, 6.07) is 7.76. The van der Waals surface area contributed by atoms with Gasteiger partial charge in [0.1, 0.15) is 11.5 Å². The van der Waals surface area contributed by atoms with Crippen LogP contribution in [0.2, 0.25) is 0 Å². The Balaban J connectivity index is 2.46. The molecular weight excluding hydrogens is 238 g/mol. The standard InChI is InChI=1S/C16H27NO2/c1-5-16(6-2,13-17-3)11-12-19-15-9-7-14(18-4)8-10-15/h7-10,17H,5-6,11-13H2,1-4H3. The first-order chi connectivity index (χ1) is 9.19. The minimum atomic E-state index is 0.348. The molecule has 0 bridgehead atoms. The maximum atomic E-state index is 5.83. The van der Waals surface area contributed by atoms with Gasteiger partial charge in [-0.1, -0.05) is 13.8 Å². The zero-order valence-electron chi connectivity index (χ0n) is 12.7. The molecule has 1 rings (SSSR count). The van der Waals surface area contributed by atoms with Crippen molar-refractivity contribution in [2.24, 2.45) is 5.41 Å². The van der Waals surface area contributed by atoms with E-state index in [4.69, 9.17) is 9.47 Å². The highest BCUT2D eigenvalue weighted by Crippen LogP contribution is 2.30. The molecule has 0 saturated heterocycles. The highest BCUT2D eigenvalue weighted by atomic mass is 16.5. The average Bonchev–Trinajstić information content (AvgIpc) is 2.47. The molecule has 0 heterocycles.